The monoisotopic (exact) mass is 1530 g/mol. The fourth-order valence-electron chi connectivity index (χ4n) is 16.9. The zero-order valence-electron chi connectivity index (χ0n) is 64.6. The molecular formula is C74H114F8N12O13. The van der Waals surface area contributed by atoms with E-state index in [1.54, 1.807) is 41.5 Å². The van der Waals surface area contributed by atoms with Crippen LogP contribution in [0.1, 0.15) is 176 Å². The van der Waals surface area contributed by atoms with Crippen LogP contribution in [0, 0.1) is 35.5 Å². The number of halogens is 8. The van der Waals surface area contributed by atoms with Crippen molar-refractivity contribution in [2.24, 2.45) is 35.5 Å². The lowest BCUT2D eigenvalue weighted by atomic mass is 9.74. The summed E-state index contributed by atoms with van der Waals surface area (Å²) < 4.78 is 121. The average molecular weight is 1530 g/mol. The molecule has 3 N–H and O–H groups in total. The van der Waals surface area contributed by atoms with Gasteiger partial charge >= 0.3 is 12.4 Å². The third-order valence-corrected chi connectivity index (χ3v) is 24.2. The number of carbonyl (C=O) groups is 12. The summed E-state index contributed by atoms with van der Waals surface area (Å²) in [6, 6.07) is -11.4. The molecule has 12 atom stereocenters. The highest BCUT2D eigenvalue weighted by atomic mass is 19.4. The van der Waals surface area contributed by atoms with Gasteiger partial charge in [-0.25, -0.2) is 8.78 Å². The molecule has 0 radical (unpaired) electrons. The molecule has 3 heterocycles. The molecule has 0 aromatic heterocycles. The minimum Gasteiger partial charge on any atom is -0.377 e. The van der Waals surface area contributed by atoms with E-state index in [1.807, 2.05) is 0 Å². The van der Waals surface area contributed by atoms with Gasteiger partial charge in [0.15, 0.2) is 0 Å². The largest absolute Gasteiger partial charge is 0.397 e. The van der Waals surface area contributed by atoms with Crippen molar-refractivity contribution in [3.05, 3.63) is 11.1 Å². The molecule has 604 valence electrons. The van der Waals surface area contributed by atoms with Gasteiger partial charge in [0.1, 0.15) is 72.1 Å². The Morgan fingerprint density at radius 1 is 0.607 bits per heavy atom. The molecular weight excluding hydrogens is 1420 g/mol. The number of rotatable bonds is 12. The number of hydrogen-bond acceptors (Lipinski definition) is 13. The van der Waals surface area contributed by atoms with Crippen LogP contribution in [0.5, 0.6) is 0 Å². The maximum Gasteiger partial charge on any atom is 0.397 e. The second-order valence-electron chi connectivity index (χ2n) is 31.6. The van der Waals surface area contributed by atoms with E-state index in [2.05, 4.69) is 16.0 Å². The predicted octanol–water partition coefficient (Wildman–Crippen LogP) is 6.10. The molecule has 2 unspecified atom stereocenters. The molecule has 7 rings (SSSR count). The van der Waals surface area contributed by atoms with Crippen LogP contribution >= 0.6 is 0 Å². The van der Waals surface area contributed by atoms with Crippen LogP contribution in [-0.4, -0.2) is 289 Å². The smallest absolute Gasteiger partial charge is 0.377 e. The summed E-state index contributed by atoms with van der Waals surface area (Å²) in [4.78, 5) is 191. The van der Waals surface area contributed by atoms with Crippen molar-refractivity contribution >= 4 is 70.9 Å². The first kappa shape index (κ1) is 87.0. The van der Waals surface area contributed by atoms with Gasteiger partial charge in [0.05, 0.1) is 31.5 Å². The third-order valence-electron chi connectivity index (χ3n) is 24.2. The molecule has 6 fully saturated rings. The van der Waals surface area contributed by atoms with Gasteiger partial charge in [-0.05, 0) is 147 Å². The van der Waals surface area contributed by atoms with Crippen molar-refractivity contribution < 1.29 is 97.4 Å². The van der Waals surface area contributed by atoms with E-state index in [0.717, 1.165) is 29.4 Å². The highest BCUT2D eigenvalue weighted by molar-refractivity contribution is 6.01. The Labute approximate surface area is 623 Å². The van der Waals surface area contributed by atoms with Gasteiger partial charge in [-0.15, -0.1) is 0 Å². The highest BCUT2D eigenvalue weighted by Crippen LogP contribution is 2.46. The molecule has 3 aliphatic heterocycles. The standard InChI is InChI=1S/C74H114F8N12O13/c1-15-41(4)61-69(104)88(10)40-59(97)90(12)54-31-42(5)43(6)37-93(68(54)103)56(34-44-23-26-47(27-24-44)73(77,78)79)67(102)87(9)39-57(95)83-51(28-25-45-32-49(75)60(50(76)33-45)74(80,81)82)65(100)94-38-48(107-17-3)35-53(94)64(99)85-72(29-20-30-72)71(106)92(14)62(46-21-18-19-22-46)70(105)91(13)55(66(101)86(7)8)36-58(96)89(11)52(16-2)63(98)84-61/h41,44-56,60-62H,15-40H2,1-14H3,(H,83,95)(H,84,98)(H,85,99)/t41-,44?,45?,47?,48+,49?,50?,51-,52-,53-,54-,55-,56-,60?,61-,62-/m0/s1. The van der Waals surface area contributed by atoms with Gasteiger partial charge in [0.2, 0.25) is 70.9 Å². The maximum absolute atomic E-state index is 15.5. The van der Waals surface area contributed by atoms with Crippen molar-refractivity contribution in [2.75, 3.05) is 89.2 Å². The number of amides is 12. The van der Waals surface area contributed by atoms with Gasteiger partial charge in [0.25, 0.3) is 0 Å². The average Bonchev–Trinajstić information content (AvgIpc) is 1.72. The molecule has 107 heavy (non-hydrogen) atoms. The predicted molar refractivity (Wildman–Crippen MR) is 377 cm³/mol. The summed E-state index contributed by atoms with van der Waals surface area (Å²) in [6.45, 7) is 8.20. The topological polar surface area (TPSA) is 279 Å². The minimum absolute atomic E-state index is 0.00374. The normalized spacial score (nSPS) is 31.9. The van der Waals surface area contributed by atoms with Crippen molar-refractivity contribution in [3.8, 4) is 0 Å². The van der Waals surface area contributed by atoms with E-state index in [0.29, 0.717) is 49.7 Å². The molecule has 4 aliphatic carbocycles. The summed E-state index contributed by atoms with van der Waals surface area (Å²) in [6.07, 6.45) is -16.8. The number of carbonyl (C=O) groups excluding carboxylic acids is 12. The molecule has 2 bridgehead atoms. The Kier molecular flexibility index (Phi) is 29.7. The molecule has 7 aliphatic rings. The zero-order chi connectivity index (χ0) is 79.8. The molecule has 0 aromatic carbocycles. The molecule has 33 heteroatoms. The first-order chi connectivity index (χ1) is 50.0. The third kappa shape index (κ3) is 20.4. The number of nitrogens with zero attached hydrogens (tertiary/aromatic N) is 9. The van der Waals surface area contributed by atoms with Crippen molar-refractivity contribution in [1.29, 1.82) is 0 Å². The number of alkyl halides is 8. The number of hydrogen-bond donors (Lipinski definition) is 3. The maximum atomic E-state index is 15.5. The van der Waals surface area contributed by atoms with E-state index in [1.165, 1.54) is 71.1 Å². The van der Waals surface area contributed by atoms with Gasteiger partial charge in [-0.1, -0.05) is 51.2 Å². The summed E-state index contributed by atoms with van der Waals surface area (Å²) in [5.41, 5.74) is -0.478. The van der Waals surface area contributed by atoms with Gasteiger partial charge in [-0.2, -0.15) is 26.3 Å². The van der Waals surface area contributed by atoms with Crippen LogP contribution in [0.3, 0.4) is 0 Å². The second-order valence-corrected chi connectivity index (χ2v) is 31.6. The van der Waals surface area contributed by atoms with E-state index in [4.69, 9.17) is 4.74 Å². The Morgan fingerprint density at radius 3 is 1.76 bits per heavy atom. The SMILES string of the molecule is CCO[C@@H]1C[C@H]2C(=O)NC3(CCC3)C(=O)N(C)[C@@H](C3CCCC3)C(=O)N(C)[C@H](C(=O)N(C)C)CC(=O)N(C)[C@@H](CC)C(=O)N[C@@H]([C@@H](C)CC)C(=O)N(C)CC(=O)N(C)[C@H]3CC(C)=C(C)CN(C3=O)[C@@H](CC3CCC(C(F)(F)F)CC3)C(=O)N(C)CC(=O)N[C@@H](CCC3CC(F)C(C(F)(F)F)C(F)C3)C(=O)N2C1. The summed E-state index contributed by atoms with van der Waals surface area (Å²) >= 11 is 0. The minimum atomic E-state index is -5.22. The number of fused-ring (bicyclic) bond motifs is 3. The molecule has 12 amide bonds. The lowest BCUT2D eigenvalue weighted by Crippen LogP contribution is -2.68. The van der Waals surface area contributed by atoms with Gasteiger partial charge in [-0.3, -0.25) is 57.5 Å². The number of likely N-dealkylation sites (N-methyl/N-ethyl adjacent to an activating group) is 7. The van der Waals surface area contributed by atoms with Crippen molar-refractivity contribution in [3.63, 3.8) is 0 Å². The second kappa shape index (κ2) is 36.5. The summed E-state index contributed by atoms with van der Waals surface area (Å²) in [7, 11) is 10.8. The lowest BCUT2D eigenvalue weighted by Gasteiger charge is -2.46. The van der Waals surface area contributed by atoms with E-state index < -0.39 is 230 Å². The van der Waals surface area contributed by atoms with Crippen molar-refractivity contribution in [2.45, 2.75) is 261 Å². The Hall–Kier alpha value is -7.22. The van der Waals surface area contributed by atoms with E-state index in [9.17, 15) is 55.1 Å². The number of nitrogens with one attached hydrogen (secondary N) is 3. The van der Waals surface area contributed by atoms with Crippen molar-refractivity contribution in [1.82, 2.24) is 60.0 Å². The first-order valence-electron chi connectivity index (χ1n) is 38.0. The summed E-state index contributed by atoms with van der Waals surface area (Å²) in [5, 5.41) is 8.35. The first-order valence-corrected chi connectivity index (χ1v) is 38.0. The quantitative estimate of drug-likeness (QED) is 0.147. The summed E-state index contributed by atoms with van der Waals surface area (Å²) in [5.74, 6) is -16.9. The van der Waals surface area contributed by atoms with Gasteiger partial charge < -0.3 is 64.8 Å². The zero-order valence-corrected chi connectivity index (χ0v) is 64.6. The molecule has 1 spiro atoms. The van der Waals surface area contributed by atoms with Crippen LogP contribution in [0.25, 0.3) is 0 Å². The van der Waals surface area contributed by atoms with Crippen LogP contribution in [-0.2, 0) is 62.3 Å². The van der Waals surface area contributed by atoms with E-state index >= 15 is 37.5 Å². The van der Waals surface area contributed by atoms with Crippen LogP contribution in [0.15, 0.2) is 11.1 Å². The van der Waals surface area contributed by atoms with E-state index in [-0.39, 0.29) is 90.3 Å². The van der Waals surface area contributed by atoms with Gasteiger partial charge in [0, 0.05) is 82.5 Å². The molecule has 4 saturated carbocycles. The number of ether oxygens (including phenoxy) is 1. The molecule has 2 saturated heterocycles. The Bertz CT molecular complexity index is 3260. The molecule has 25 nitrogen and oxygen atoms in total. The van der Waals surface area contributed by atoms with Crippen LogP contribution < -0.4 is 16.0 Å². The fraction of sp³-hybridized carbons (Fsp3) is 0.811. The lowest BCUT2D eigenvalue weighted by molar-refractivity contribution is -0.219. The highest BCUT2D eigenvalue weighted by Gasteiger charge is 2.56. The molecule has 0 aromatic rings. The Balaban J connectivity index is 1.32. The fourth-order valence-corrected chi connectivity index (χ4v) is 16.9. The van der Waals surface area contributed by atoms with Crippen LogP contribution in [0.2, 0.25) is 0 Å². The van der Waals surface area contributed by atoms with Crippen LogP contribution in [0.4, 0.5) is 35.1 Å². The Morgan fingerprint density at radius 2 is 1.21 bits per heavy atom.